The van der Waals surface area contributed by atoms with Crippen molar-refractivity contribution in [2.24, 2.45) is 11.8 Å². The molecule has 0 saturated carbocycles. The Bertz CT molecular complexity index is 487. The zero-order valence-corrected chi connectivity index (χ0v) is 14.3. The van der Waals surface area contributed by atoms with Crippen molar-refractivity contribution in [1.82, 2.24) is 0 Å². The highest BCUT2D eigenvalue weighted by molar-refractivity contribution is 7.99. The zero-order valence-electron chi connectivity index (χ0n) is 13.5. The van der Waals surface area contributed by atoms with Gasteiger partial charge >= 0.3 is 5.97 Å². The lowest BCUT2D eigenvalue weighted by molar-refractivity contribution is -0.137. The first-order chi connectivity index (χ1) is 11.3. The average Bonchev–Trinajstić information content (AvgIpc) is 2.99. The number of allylic oxidation sites excluding steroid dienone is 2. The summed E-state index contributed by atoms with van der Waals surface area (Å²) in [6.45, 7) is 1.53. The molecule has 3 nitrogen and oxygen atoms in total. The standard InChI is InChI=1S/C19H26O3S/c20-19(21)11-7-2-1-6-10-17-14-23-15-18(17)13-22-12-16-8-4-3-5-9-16/h1,3-6,8-9,17-18H,2,7,10-15H2,(H,20,21)/b6-1-/t17-,18+/m0/s1. The number of rotatable bonds is 10. The highest BCUT2D eigenvalue weighted by atomic mass is 32.2. The van der Waals surface area contributed by atoms with E-state index in [1.54, 1.807) is 0 Å². The Balaban J connectivity index is 1.62. The maximum Gasteiger partial charge on any atom is 0.303 e. The second kappa shape index (κ2) is 10.5. The van der Waals surface area contributed by atoms with Crippen LogP contribution in [0.15, 0.2) is 42.5 Å². The summed E-state index contributed by atoms with van der Waals surface area (Å²) in [5, 5.41) is 8.60. The van der Waals surface area contributed by atoms with Gasteiger partial charge in [0, 0.05) is 6.42 Å². The number of carboxylic acid groups (broad SMARTS) is 1. The van der Waals surface area contributed by atoms with Gasteiger partial charge in [-0.3, -0.25) is 4.79 Å². The van der Waals surface area contributed by atoms with Crippen LogP contribution in [0.25, 0.3) is 0 Å². The fraction of sp³-hybridized carbons (Fsp3) is 0.526. The van der Waals surface area contributed by atoms with Crippen molar-refractivity contribution >= 4 is 17.7 Å². The molecule has 0 amide bonds. The summed E-state index contributed by atoms with van der Waals surface area (Å²) >= 11 is 2.02. The molecule has 126 valence electrons. The van der Waals surface area contributed by atoms with E-state index in [1.807, 2.05) is 30.0 Å². The number of thioether (sulfide) groups is 1. The predicted molar refractivity (Wildman–Crippen MR) is 95.6 cm³/mol. The monoisotopic (exact) mass is 334 g/mol. The second-order valence-electron chi connectivity index (χ2n) is 6.05. The van der Waals surface area contributed by atoms with Crippen molar-refractivity contribution in [3.8, 4) is 0 Å². The summed E-state index contributed by atoms with van der Waals surface area (Å²) in [6, 6.07) is 10.3. The van der Waals surface area contributed by atoms with E-state index < -0.39 is 5.97 Å². The van der Waals surface area contributed by atoms with Gasteiger partial charge in [0.2, 0.25) is 0 Å². The molecule has 1 N–H and O–H groups in total. The molecular formula is C19H26O3S. The normalized spacial score (nSPS) is 21.0. The summed E-state index contributed by atoms with van der Waals surface area (Å²) in [5.41, 5.74) is 1.23. The zero-order chi connectivity index (χ0) is 16.3. The number of carboxylic acids is 1. The molecule has 0 aliphatic carbocycles. The first kappa shape index (κ1) is 18.1. The Labute approximate surface area is 143 Å². The molecule has 1 fully saturated rings. The molecule has 4 heteroatoms. The van der Waals surface area contributed by atoms with Crippen molar-refractivity contribution in [2.75, 3.05) is 18.1 Å². The average molecular weight is 334 g/mol. The van der Waals surface area contributed by atoms with E-state index in [9.17, 15) is 4.79 Å². The van der Waals surface area contributed by atoms with E-state index in [2.05, 4.69) is 24.3 Å². The lowest BCUT2D eigenvalue weighted by Crippen LogP contribution is -2.18. The molecule has 0 spiro atoms. The fourth-order valence-electron chi connectivity index (χ4n) is 2.75. The van der Waals surface area contributed by atoms with E-state index in [4.69, 9.17) is 9.84 Å². The van der Waals surface area contributed by atoms with Gasteiger partial charge in [0.15, 0.2) is 0 Å². The van der Waals surface area contributed by atoms with Crippen LogP contribution in [0.3, 0.4) is 0 Å². The van der Waals surface area contributed by atoms with Crippen molar-refractivity contribution in [1.29, 1.82) is 0 Å². The van der Waals surface area contributed by atoms with Gasteiger partial charge in [0.1, 0.15) is 0 Å². The Hall–Kier alpha value is -1.26. The smallest absolute Gasteiger partial charge is 0.303 e. The maximum absolute atomic E-state index is 10.4. The minimum absolute atomic E-state index is 0.263. The Morgan fingerprint density at radius 1 is 1.22 bits per heavy atom. The number of aliphatic carboxylic acids is 1. The SMILES string of the molecule is O=C(O)CCC/C=C\C[C@H]1CSC[C@H]1COCc1ccccc1. The molecule has 1 saturated heterocycles. The minimum Gasteiger partial charge on any atom is -0.481 e. The molecule has 2 rings (SSSR count). The van der Waals surface area contributed by atoms with E-state index in [-0.39, 0.29) is 6.42 Å². The molecule has 2 atom stereocenters. The summed E-state index contributed by atoms with van der Waals surface area (Å²) in [5.74, 6) is 3.01. The van der Waals surface area contributed by atoms with Gasteiger partial charge in [-0.2, -0.15) is 11.8 Å². The lowest BCUT2D eigenvalue weighted by atomic mass is 9.93. The molecule has 0 radical (unpaired) electrons. The van der Waals surface area contributed by atoms with E-state index >= 15 is 0 Å². The molecule has 1 aromatic rings. The highest BCUT2D eigenvalue weighted by Gasteiger charge is 2.26. The minimum atomic E-state index is -0.707. The van der Waals surface area contributed by atoms with E-state index in [1.165, 1.54) is 17.1 Å². The molecule has 1 aliphatic rings. The van der Waals surface area contributed by atoms with Crippen LogP contribution in [0.5, 0.6) is 0 Å². The van der Waals surface area contributed by atoms with E-state index in [0.717, 1.165) is 25.9 Å². The fourth-order valence-corrected chi connectivity index (χ4v) is 4.27. The van der Waals surface area contributed by atoms with Gasteiger partial charge in [-0.15, -0.1) is 0 Å². The van der Waals surface area contributed by atoms with Crippen LogP contribution in [-0.2, 0) is 16.1 Å². The van der Waals surface area contributed by atoms with Gasteiger partial charge < -0.3 is 9.84 Å². The third-order valence-electron chi connectivity index (χ3n) is 4.14. The van der Waals surface area contributed by atoms with Crippen molar-refractivity contribution in [3.63, 3.8) is 0 Å². The maximum atomic E-state index is 10.4. The highest BCUT2D eigenvalue weighted by Crippen LogP contribution is 2.33. The third kappa shape index (κ3) is 7.23. The molecule has 1 aromatic carbocycles. The predicted octanol–water partition coefficient (Wildman–Crippen LogP) is 4.38. The first-order valence-corrected chi connectivity index (χ1v) is 9.47. The second-order valence-corrected chi connectivity index (χ2v) is 7.13. The number of unbranched alkanes of at least 4 members (excludes halogenated alkanes) is 1. The third-order valence-corrected chi connectivity index (χ3v) is 5.47. The first-order valence-electron chi connectivity index (χ1n) is 8.32. The summed E-state index contributed by atoms with van der Waals surface area (Å²) in [6.07, 6.45) is 7.30. The quantitative estimate of drug-likeness (QED) is 0.509. The van der Waals surface area contributed by atoms with Crippen LogP contribution >= 0.6 is 11.8 Å². The van der Waals surface area contributed by atoms with E-state index in [0.29, 0.717) is 18.4 Å². The van der Waals surface area contributed by atoms with Crippen LogP contribution in [0, 0.1) is 11.8 Å². The number of ether oxygens (including phenoxy) is 1. The van der Waals surface area contributed by atoms with Crippen molar-refractivity contribution in [2.45, 2.75) is 32.3 Å². The largest absolute Gasteiger partial charge is 0.481 e. The van der Waals surface area contributed by atoms with Crippen molar-refractivity contribution < 1.29 is 14.6 Å². The molecule has 1 aliphatic heterocycles. The van der Waals surface area contributed by atoms with Crippen LogP contribution in [0.1, 0.15) is 31.2 Å². The molecular weight excluding hydrogens is 308 g/mol. The lowest BCUT2D eigenvalue weighted by Gasteiger charge is -2.17. The molecule has 1 heterocycles. The number of hydrogen-bond donors (Lipinski definition) is 1. The topological polar surface area (TPSA) is 46.5 Å². The van der Waals surface area contributed by atoms with Gasteiger partial charge in [0.05, 0.1) is 13.2 Å². The van der Waals surface area contributed by atoms with Crippen LogP contribution in [0.2, 0.25) is 0 Å². The van der Waals surface area contributed by atoms with Crippen LogP contribution in [0.4, 0.5) is 0 Å². The Morgan fingerprint density at radius 2 is 2.00 bits per heavy atom. The Morgan fingerprint density at radius 3 is 2.78 bits per heavy atom. The summed E-state index contributed by atoms with van der Waals surface area (Å²) < 4.78 is 5.90. The van der Waals surface area contributed by atoms with Gasteiger partial charge in [0.25, 0.3) is 0 Å². The molecule has 0 aromatic heterocycles. The van der Waals surface area contributed by atoms with Gasteiger partial charge in [-0.1, -0.05) is 42.5 Å². The molecule has 23 heavy (non-hydrogen) atoms. The molecule has 0 unspecified atom stereocenters. The number of benzene rings is 1. The van der Waals surface area contributed by atoms with Gasteiger partial charge in [-0.25, -0.2) is 0 Å². The molecule has 0 bridgehead atoms. The summed E-state index contributed by atoms with van der Waals surface area (Å²) in [4.78, 5) is 10.4. The van der Waals surface area contributed by atoms with Crippen LogP contribution < -0.4 is 0 Å². The Kier molecular flexibility index (Phi) is 8.26. The number of hydrogen-bond acceptors (Lipinski definition) is 3. The van der Waals surface area contributed by atoms with Crippen molar-refractivity contribution in [3.05, 3.63) is 48.0 Å². The van der Waals surface area contributed by atoms with Gasteiger partial charge in [-0.05, 0) is 48.2 Å². The summed E-state index contributed by atoms with van der Waals surface area (Å²) in [7, 11) is 0. The number of carbonyl (C=O) groups is 1. The van der Waals surface area contributed by atoms with Crippen LogP contribution in [-0.4, -0.2) is 29.2 Å².